The first kappa shape index (κ1) is 22.2. The number of anilines is 1. The number of sulfonamides is 1. The van der Waals surface area contributed by atoms with E-state index in [1.165, 1.54) is 45.4 Å². The lowest BCUT2D eigenvalue weighted by atomic mass is 10.1. The molecule has 29 heavy (non-hydrogen) atoms. The molecule has 2 aromatic rings. The van der Waals surface area contributed by atoms with Crippen LogP contribution in [-0.2, 0) is 14.8 Å². The number of amides is 1. The lowest BCUT2D eigenvalue weighted by Gasteiger charge is -2.26. The molecule has 3 rings (SSSR count). The summed E-state index contributed by atoms with van der Waals surface area (Å²) in [5.41, 5.74) is 2.70. The van der Waals surface area contributed by atoms with Crippen molar-refractivity contribution in [2.24, 2.45) is 0 Å². The van der Waals surface area contributed by atoms with Gasteiger partial charge >= 0.3 is 0 Å². The normalized spacial score (nSPS) is 15.3. The number of piperidine rings is 1. The number of nitrogens with one attached hydrogen (secondary N) is 1. The maximum absolute atomic E-state index is 12.9. The van der Waals surface area contributed by atoms with Crippen LogP contribution in [0.4, 0.5) is 5.69 Å². The first-order valence-electron chi connectivity index (χ1n) is 9.57. The average molecular weight is 453 g/mol. The van der Waals surface area contributed by atoms with Crippen LogP contribution in [0.15, 0.2) is 46.2 Å². The van der Waals surface area contributed by atoms with Gasteiger partial charge in [-0.15, -0.1) is 11.8 Å². The van der Waals surface area contributed by atoms with Crippen molar-refractivity contribution >= 4 is 45.0 Å². The molecule has 1 amide bonds. The van der Waals surface area contributed by atoms with Gasteiger partial charge in [0.1, 0.15) is 0 Å². The number of carbonyl (C=O) groups excluding carboxylic acids is 1. The second-order valence-electron chi connectivity index (χ2n) is 7.19. The van der Waals surface area contributed by atoms with Gasteiger partial charge in [0.15, 0.2) is 0 Å². The number of carbonyl (C=O) groups is 1. The average Bonchev–Trinajstić information content (AvgIpc) is 2.71. The Kier molecular flexibility index (Phi) is 7.27. The summed E-state index contributed by atoms with van der Waals surface area (Å²) in [4.78, 5) is 13.6. The topological polar surface area (TPSA) is 66.5 Å². The van der Waals surface area contributed by atoms with Crippen LogP contribution in [-0.4, -0.2) is 37.5 Å². The van der Waals surface area contributed by atoms with Crippen molar-refractivity contribution in [2.75, 3.05) is 24.2 Å². The largest absolute Gasteiger partial charge is 0.324 e. The third-order valence-electron chi connectivity index (χ3n) is 5.01. The number of rotatable bonds is 6. The van der Waals surface area contributed by atoms with Gasteiger partial charge in [-0.2, -0.15) is 4.31 Å². The van der Waals surface area contributed by atoms with E-state index < -0.39 is 10.0 Å². The maximum Gasteiger partial charge on any atom is 0.243 e. The van der Waals surface area contributed by atoms with Crippen molar-refractivity contribution in [1.29, 1.82) is 0 Å². The van der Waals surface area contributed by atoms with Crippen molar-refractivity contribution in [3.8, 4) is 0 Å². The zero-order chi connectivity index (χ0) is 21.0. The second-order valence-corrected chi connectivity index (χ2v) is 10.6. The van der Waals surface area contributed by atoms with Crippen molar-refractivity contribution < 1.29 is 13.2 Å². The Morgan fingerprint density at radius 2 is 1.79 bits per heavy atom. The Morgan fingerprint density at radius 3 is 2.48 bits per heavy atom. The van der Waals surface area contributed by atoms with Crippen LogP contribution >= 0.6 is 23.4 Å². The molecule has 0 atom stereocenters. The third kappa shape index (κ3) is 5.54. The van der Waals surface area contributed by atoms with Crippen LogP contribution < -0.4 is 5.32 Å². The van der Waals surface area contributed by atoms with E-state index in [-0.39, 0.29) is 16.6 Å². The Hall–Kier alpha value is -1.54. The van der Waals surface area contributed by atoms with Crippen LogP contribution in [0.1, 0.15) is 30.4 Å². The summed E-state index contributed by atoms with van der Waals surface area (Å²) in [6.45, 7) is 5.13. The zero-order valence-corrected chi connectivity index (χ0v) is 19.0. The molecule has 1 aliphatic rings. The molecule has 1 N–H and O–H groups in total. The van der Waals surface area contributed by atoms with Crippen molar-refractivity contribution in [3.63, 3.8) is 0 Å². The molecule has 0 saturated carbocycles. The molecule has 8 heteroatoms. The number of benzene rings is 2. The number of hydrogen-bond donors (Lipinski definition) is 1. The number of nitrogens with zero attached hydrogens (tertiary/aromatic N) is 1. The van der Waals surface area contributed by atoms with Crippen LogP contribution in [0.3, 0.4) is 0 Å². The van der Waals surface area contributed by atoms with E-state index in [1.807, 2.05) is 32.0 Å². The molecule has 0 unspecified atom stereocenters. The van der Waals surface area contributed by atoms with Crippen LogP contribution in [0.5, 0.6) is 0 Å². The Balaban J connectivity index is 1.69. The zero-order valence-electron chi connectivity index (χ0n) is 16.6. The van der Waals surface area contributed by atoms with Crippen molar-refractivity contribution in [3.05, 3.63) is 52.5 Å². The van der Waals surface area contributed by atoms with Gasteiger partial charge in [0.05, 0.1) is 21.4 Å². The number of thioether (sulfide) groups is 1. The summed E-state index contributed by atoms with van der Waals surface area (Å²) in [5.74, 6) is -0.0234. The molecular weight excluding hydrogens is 428 g/mol. The Labute approximate surface area is 181 Å². The molecule has 1 saturated heterocycles. The van der Waals surface area contributed by atoms with E-state index in [4.69, 9.17) is 11.6 Å². The van der Waals surface area contributed by atoms with Crippen LogP contribution in [0, 0.1) is 13.8 Å². The van der Waals surface area contributed by atoms with Crippen molar-refractivity contribution in [2.45, 2.75) is 42.9 Å². The van der Waals surface area contributed by atoms with Gasteiger partial charge in [0.2, 0.25) is 15.9 Å². The van der Waals surface area contributed by atoms with Crippen molar-refractivity contribution in [1.82, 2.24) is 4.31 Å². The predicted octanol–water partition coefficient (Wildman–Crippen LogP) is 4.86. The number of hydrogen-bond acceptors (Lipinski definition) is 4. The fourth-order valence-electron chi connectivity index (χ4n) is 3.15. The molecule has 5 nitrogen and oxygen atoms in total. The standard InChI is InChI=1S/C21H25ClN2O3S2/c1-15-6-7-17(12-16(15)2)28-14-21(25)23-20-13-18(8-9-19(20)22)29(26,27)24-10-4-3-5-11-24/h6-9,12-13H,3-5,10-11,14H2,1-2H3,(H,23,25). The minimum absolute atomic E-state index is 0.154. The highest BCUT2D eigenvalue weighted by molar-refractivity contribution is 8.00. The van der Waals surface area contributed by atoms with E-state index in [2.05, 4.69) is 5.32 Å². The lowest BCUT2D eigenvalue weighted by Crippen LogP contribution is -2.35. The highest BCUT2D eigenvalue weighted by atomic mass is 35.5. The van der Waals surface area contributed by atoms with Gasteiger partial charge in [0.25, 0.3) is 0 Å². The molecular formula is C21H25ClN2O3S2. The minimum Gasteiger partial charge on any atom is -0.324 e. The number of halogens is 1. The summed E-state index contributed by atoms with van der Waals surface area (Å²) in [5, 5.41) is 3.06. The van der Waals surface area contributed by atoms with Gasteiger partial charge in [-0.05, 0) is 68.1 Å². The van der Waals surface area contributed by atoms with E-state index >= 15 is 0 Å². The number of aryl methyl sites for hydroxylation is 2. The fourth-order valence-corrected chi connectivity index (χ4v) is 5.66. The highest BCUT2D eigenvalue weighted by Gasteiger charge is 2.26. The molecule has 1 aliphatic heterocycles. The first-order chi connectivity index (χ1) is 13.8. The summed E-state index contributed by atoms with van der Waals surface area (Å²) in [6, 6.07) is 10.5. The smallest absolute Gasteiger partial charge is 0.243 e. The predicted molar refractivity (Wildman–Crippen MR) is 119 cm³/mol. The Morgan fingerprint density at radius 1 is 1.07 bits per heavy atom. The Bertz CT molecular complexity index is 1000. The minimum atomic E-state index is -3.58. The van der Waals surface area contributed by atoms with Gasteiger partial charge < -0.3 is 5.32 Å². The van der Waals surface area contributed by atoms with Gasteiger partial charge in [-0.3, -0.25) is 4.79 Å². The van der Waals surface area contributed by atoms with Gasteiger partial charge in [-0.25, -0.2) is 8.42 Å². The quantitative estimate of drug-likeness (QED) is 0.635. The SMILES string of the molecule is Cc1ccc(SCC(=O)Nc2cc(S(=O)(=O)N3CCCCC3)ccc2Cl)cc1C. The monoisotopic (exact) mass is 452 g/mol. The summed E-state index contributed by atoms with van der Waals surface area (Å²) < 4.78 is 27.2. The maximum atomic E-state index is 12.9. The molecule has 156 valence electrons. The van der Waals surface area contributed by atoms with E-state index in [0.29, 0.717) is 23.8 Å². The molecule has 1 heterocycles. The van der Waals surface area contributed by atoms with Crippen LogP contribution in [0.25, 0.3) is 0 Å². The summed E-state index contributed by atoms with van der Waals surface area (Å²) in [6.07, 6.45) is 2.78. The van der Waals surface area contributed by atoms with Crippen LogP contribution in [0.2, 0.25) is 5.02 Å². The lowest BCUT2D eigenvalue weighted by molar-refractivity contribution is -0.113. The third-order valence-corrected chi connectivity index (χ3v) is 8.23. The molecule has 1 fully saturated rings. The fraction of sp³-hybridized carbons (Fsp3) is 0.381. The molecule has 0 spiro atoms. The molecule has 0 radical (unpaired) electrons. The van der Waals surface area contributed by atoms with E-state index in [0.717, 1.165) is 24.2 Å². The highest BCUT2D eigenvalue weighted by Crippen LogP contribution is 2.29. The molecule has 2 aromatic carbocycles. The van der Waals surface area contributed by atoms with Gasteiger partial charge in [0, 0.05) is 18.0 Å². The van der Waals surface area contributed by atoms with E-state index in [9.17, 15) is 13.2 Å². The van der Waals surface area contributed by atoms with E-state index in [1.54, 1.807) is 0 Å². The molecule has 0 aromatic heterocycles. The van der Waals surface area contributed by atoms with Gasteiger partial charge in [-0.1, -0.05) is 24.1 Å². The molecule has 0 bridgehead atoms. The summed E-state index contributed by atoms with van der Waals surface area (Å²) in [7, 11) is -3.58. The first-order valence-corrected chi connectivity index (χ1v) is 12.4. The molecule has 0 aliphatic carbocycles. The summed E-state index contributed by atoms with van der Waals surface area (Å²) >= 11 is 7.63. The second kappa shape index (κ2) is 9.51.